The van der Waals surface area contributed by atoms with Crippen molar-refractivity contribution in [2.24, 2.45) is 0 Å². The quantitative estimate of drug-likeness (QED) is 0.549. The van der Waals surface area contributed by atoms with Gasteiger partial charge in [0.15, 0.2) is 0 Å². The van der Waals surface area contributed by atoms with E-state index in [0.29, 0.717) is 54.5 Å². The minimum Gasteiger partial charge on any atom is -0.481 e. The summed E-state index contributed by atoms with van der Waals surface area (Å²) in [4.78, 5) is 13.3. The lowest BCUT2D eigenvalue weighted by Gasteiger charge is -2.29. The Morgan fingerprint density at radius 1 is 1.21 bits per heavy atom. The summed E-state index contributed by atoms with van der Waals surface area (Å²) >= 11 is 0. The Balaban J connectivity index is 1.14. The number of nitrogens with zero attached hydrogens (tertiary/aromatic N) is 3. The molecule has 0 spiro atoms. The number of anilines is 1. The lowest BCUT2D eigenvalue weighted by molar-refractivity contribution is -0.0278. The molecule has 8 nitrogen and oxygen atoms in total. The summed E-state index contributed by atoms with van der Waals surface area (Å²) in [6.07, 6.45) is 5.45. The molecule has 2 bridgehead atoms. The zero-order chi connectivity index (χ0) is 23.2. The van der Waals surface area contributed by atoms with Crippen molar-refractivity contribution in [3.63, 3.8) is 0 Å². The summed E-state index contributed by atoms with van der Waals surface area (Å²) in [5, 5.41) is 7.01. The lowest BCUT2D eigenvalue weighted by atomic mass is 9.92. The molecule has 2 unspecified atom stereocenters. The molecule has 6 rings (SSSR count). The van der Waals surface area contributed by atoms with Crippen molar-refractivity contribution in [3.8, 4) is 11.8 Å². The Labute approximate surface area is 197 Å². The van der Waals surface area contributed by atoms with E-state index < -0.39 is 0 Å². The Morgan fingerprint density at radius 3 is 3.00 bits per heavy atom. The highest BCUT2D eigenvalue weighted by atomic mass is 19.1. The predicted molar refractivity (Wildman–Crippen MR) is 125 cm³/mol. The van der Waals surface area contributed by atoms with Crippen molar-refractivity contribution >= 4 is 16.7 Å². The fraction of sp³-hybridized carbons (Fsp3) is 0.480. The van der Waals surface area contributed by atoms with Gasteiger partial charge in [-0.15, -0.1) is 0 Å². The summed E-state index contributed by atoms with van der Waals surface area (Å²) in [7, 11) is 1.56. The second-order valence-electron chi connectivity index (χ2n) is 9.52. The third kappa shape index (κ3) is 3.82. The second kappa shape index (κ2) is 8.32. The standard InChI is InChI=1S/C25H28FN5O3/c1-32-21-5-4-19-22(31-21)17(18(26)13-28-19)6-7-25-9-8-24(14-25,15-34-25)29-12-16-2-3-20-23(30-16)33-11-10-27-20/h2-5,13,27,29H,6-12,14-15H2,1H3. The van der Waals surface area contributed by atoms with E-state index in [1.54, 1.807) is 13.2 Å². The zero-order valence-electron chi connectivity index (χ0n) is 19.2. The van der Waals surface area contributed by atoms with Crippen LogP contribution in [-0.2, 0) is 17.7 Å². The first kappa shape index (κ1) is 21.5. The van der Waals surface area contributed by atoms with Gasteiger partial charge in [0.1, 0.15) is 12.4 Å². The van der Waals surface area contributed by atoms with Gasteiger partial charge in [0.25, 0.3) is 0 Å². The Hall–Kier alpha value is -3.04. The molecule has 9 heteroatoms. The Kier molecular flexibility index (Phi) is 5.26. The Bertz CT molecular complexity index is 1230. The molecule has 0 radical (unpaired) electrons. The number of halogens is 1. The van der Waals surface area contributed by atoms with E-state index >= 15 is 0 Å². The number of nitrogens with one attached hydrogen (secondary N) is 2. The zero-order valence-corrected chi connectivity index (χ0v) is 19.2. The van der Waals surface area contributed by atoms with E-state index in [0.717, 1.165) is 43.6 Å². The van der Waals surface area contributed by atoms with Gasteiger partial charge in [-0.3, -0.25) is 4.98 Å². The summed E-state index contributed by atoms with van der Waals surface area (Å²) in [5.74, 6) is 0.793. The maximum absolute atomic E-state index is 14.8. The first-order chi connectivity index (χ1) is 16.6. The van der Waals surface area contributed by atoms with Crippen LogP contribution in [0.15, 0.2) is 30.5 Å². The molecule has 1 aliphatic carbocycles. The number of rotatable bonds is 7. The van der Waals surface area contributed by atoms with Crippen LogP contribution in [0.1, 0.15) is 36.9 Å². The summed E-state index contributed by atoms with van der Waals surface area (Å²) < 4.78 is 32.0. The molecule has 3 aromatic heterocycles. The van der Waals surface area contributed by atoms with Crippen molar-refractivity contribution < 1.29 is 18.6 Å². The van der Waals surface area contributed by atoms with Gasteiger partial charge in [0, 0.05) is 30.3 Å². The van der Waals surface area contributed by atoms with Crippen LogP contribution in [-0.4, -0.2) is 53.0 Å². The third-order valence-electron chi connectivity index (χ3n) is 7.37. The van der Waals surface area contributed by atoms with Gasteiger partial charge < -0.3 is 24.8 Å². The molecule has 3 aliphatic rings. The first-order valence-corrected chi connectivity index (χ1v) is 11.8. The van der Waals surface area contributed by atoms with Gasteiger partial charge in [-0.1, -0.05) is 0 Å². The average molecular weight is 466 g/mol. The van der Waals surface area contributed by atoms with Crippen LogP contribution in [0.25, 0.3) is 11.0 Å². The molecule has 2 aliphatic heterocycles. The highest BCUT2D eigenvalue weighted by molar-refractivity contribution is 5.78. The van der Waals surface area contributed by atoms with Crippen molar-refractivity contribution in [2.45, 2.75) is 49.8 Å². The highest BCUT2D eigenvalue weighted by Gasteiger charge is 2.55. The van der Waals surface area contributed by atoms with Crippen LogP contribution in [0.2, 0.25) is 0 Å². The molecule has 1 saturated heterocycles. The van der Waals surface area contributed by atoms with E-state index in [2.05, 4.69) is 25.6 Å². The molecule has 178 valence electrons. The van der Waals surface area contributed by atoms with Crippen molar-refractivity contribution in [1.82, 2.24) is 20.3 Å². The number of aryl methyl sites for hydroxylation is 1. The molecule has 0 amide bonds. The molecular formula is C25H28FN5O3. The van der Waals surface area contributed by atoms with Crippen molar-refractivity contribution in [1.29, 1.82) is 0 Å². The molecule has 1 saturated carbocycles. The molecule has 2 N–H and O–H groups in total. The van der Waals surface area contributed by atoms with Gasteiger partial charge in [-0.05, 0) is 50.3 Å². The minimum atomic E-state index is -0.333. The lowest BCUT2D eigenvalue weighted by Crippen LogP contribution is -2.44. The molecule has 2 fully saturated rings. The molecule has 0 aromatic carbocycles. The summed E-state index contributed by atoms with van der Waals surface area (Å²) in [6.45, 7) is 2.75. The number of hydrogen-bond acceptors (Lipinski definition) is 8. The summed E-state index contributed by atoms with van der Waals surface area (Å²) in [5.41, 5.74) is 3.38. The van der Waals surface area contributed by atoms with Gasteiger partial charge in [0.2, 0.25) is 11.8 Å². The van der Waals surface area contributed by atoms with Gasteiger partial charge in [-0.2, -0.15) is 0 Å². The monoisotopic (exact) mass is 465 g/mol. The van der Waals surface area contributed by atoms with Crippen LogP contribution in [0.3, 0.4) is 0 Å². The predicted octanol–water partition coefficient (Wildman–Crippen LogP) is 3.39. The van der Waals surface area contributed by atoms with Crippen LogP contribution in [0.5, 0.6) is 11.8 Å². The smallest absolute Gasteiger partial charge is 0.237 e. The molecule has 34 heavy (non-hydrogen) atoms. The van der Waals surface area contributed by atoms with E-state index in [1.165, 1.54) is 6.20 Å². The normalized spacial score (nSPS) is 25.1. The number of fused-ring (bicyclic) bond motifs is 4. The molecule has 2 atom stereocenters. The number of pyridine rings is 3. The van der Waals surface area contributed by atoms with Crippen LogP contribution in [0.4, 0.5) is 10.1 Å². The SMILES string of the molecule is COc1ccc2ncc(F)c(CCC34CCC(NCc5ccc6c(n5)OCCN6)(CO3)C4)c2n1. The number of aromatic nitrogens is 3. The molecular weight excluding hydrogens is 437 g/mol. The number of hydrogen-bond donors (Lipinski definition) is 2. The third-order valence-corrected chi connectivity index (χ3v) is 7.37. The highest BCUT2D eigenvalue weighted by Crippen LogP contribution is 2.49. The van der Waals surface area contributed by atoms with E-state index in [-0.39, 0.29) is 17.0 Å². The molecule has 3 aromatic rings. The first-order valence-electron chi connectivity index (χ1n) is 11.8. The van der Waals surface area contributed by atoms with Gasteiger partial charge in [-0.25, -0.2) is 14.4 Å². The van der Waals surface area contributed by atoms with Crippen molar-refractivity contribution in [3.05, 3.63) is 47.5 Å². The molecule has 5 heterocycles. The summed E-state index contributed by atoms with van der Waals surface area (Å²) in [6, 6.07) is 7.61. The van der Waals surface area contributed by atoms with Crippen LogP contribution in [0, 0.1) is 5.82 Å². The Morgan fingerprint density at radius 2 is 2.15 bits per heavy atom. The minimum absolute atomic E-state index is 0.0724. The van der Waals surface area contributed by atoms with Crippen LogP contribution >= 0.6 is 0 Å². The largest absolute Gasteiger partial charge is 0.481 e. The maximum Gasteiger partial charge on any atom is 0.237 e. The van der Waals surface area contributed by atoms with Gasteiger partial charge in [0.05, 0.1) is 47.9 Å². The topological polar surface area (TPSA) is 90.4 Å². The number of methoxy groups -OCH3 is 1. The average Bonchev–Trinajstić information content (AvgIpc) is 3.43. The fourth-order valence-corrected chi connectivity index (χ4v) is 5.50. The second-order valence-corrected chi connectivity index (χ2v) is 9.52. The fourth-order valence-electron chi connectivity index (χ4n) is 5.50. The van der Waals surface area contributed by atoms with Crippen LogP contribution < -0.4 is 20.1 Å². The van der Waals surface area contributed by atoms with Gasteiger partial charge >= 0.3 is 0 Å². The van der Waals surface area contributed by atoms with E-state index in [4.69, 9.17) is 14.2 Å². The van der Waals surface area contributed by atoms with Crippen molar-refractivity contribution in [2.75, 3.05) is 32.2 Å². The van der Waals surface area contributed by atoms with E-state index in [9.17, 15) is 4.39 Å². The van der Waals surface area contributed by atoms with E-state index in [1.807, 2.05) is 18.2 Å². The maximum atomic E-state index is 14.8. The number of ether oxygens (including phenoxy) is 3.